The Morgan fingerprint density at radius 2 is 2.10 bits per heavy atom. The van der Waals surface area contributed by atoms with Gasteiger partial charge in [0.25, 0.3) is 0 Å². The van der Waals surface area contributed by atoms with Gasteiger partial charge in [0.15, 0.2) is 11.2 Å². The molecule has 0 unspecified atom stereocenters. The van der Waals surface area contributed by atoms with Gasteiger partial charge in [0, 0.05) is 5.92 Å². The lowest BCUT2D eigenvalue weighted by Crippen LogP contribution is -2.53. The van der Waals surface area contributed by atoms with E-state index in [4.69, 9.17) is 9.47 Å². The zero-order valence-corrected chi connectivity index (χ0v) is 12.4. The van der Waals surface area contributed by atoms with E-state index in [1.54, 1.807) is 13.2 Å². The van der Waals surface area contributed by atoms with E-state index in [0.717, 1.165) is 22.4 Å². The van der Waals surface area contributed by atoms with Crippen LogP contribution in [0.4, 0.5) is 0 Å². The third-order valence-corrected chi connectivity index (χ3v) is 4.53. The van der Waals surface area contributed by atoms with Gasteiger partial charge in [-0.3, -0.25) is 9.59 Å². The van der Waals surface area contributed by atoms with Crippen LogP contribution in [0, 0.1) is 5.92 Å². The molecule has 1 aromatic carbocycles. The number of carbonyl (C=O) groups is 2. The Morgan fingerprint density at radius 3 is 2.76 bits per heavy atom. The third kappa shape index (κ3) is 1.82. The second-order valence-electron chi connectivity index (χ2n) is 5.78. The molecular formula is C17H18O4. The van der Waals surface area contributed by atoms with Crippen LogP contribution < -0.4 is 4.74 Å². The smallest absolute Gasteiger partial charge is 0.324 e. The molecule has 1 aromatic rings. The number of allylic oxidation sites excluding steroid dienone is 2. The summed E-state index contributed by atoms with van der Waals surface area (Å²) in [6.07, 6.45) is 2.99. The van der Waals surface area contributed by atoms with Gasteiger partial charge in [-0.05, 0) is 43.0 Å². The number of Topliss-reactive ketones (excluding diaryl/α,β-unsaturated/α-hetero) is 1. The summed E-state index contributed by atoms with van der Waals surface area (Å²) < 4.78 is 10.2. The molecule has 3 rings (SSSR count). The minimum absolute atomic E-state index is 0.0439. The lowest BCUT2D eigenvalue weighted by molar-refractivity contribution is -0.154. The van der Waals surface area contributed by atoms with Crippen LogP contribution in [0.25, 0.3) is 0 Å². The standard InChI is InChI=1S/C17H18O4/c1-10-6-12-7-11-8-13(20-2)4-5-14(11)17(9-10,15(12)18)16(19)21-3/h4-6,8,12H,7,9H2,1-3H3/t12-,17-/m0/s1. The van der Waals surface area contributed by atoms with Crippen LogP contribution in [-0.4, -0.2) is 26.0 Å². The number of hydrogen-bond acceptors (Lipinski definition) is 4. The Balaban J connectivity index is 2.25. The fraction of sp³-hybridized carbons (Fsp3) is 0.412. The van der Waals surface area contributed by atoms with Crippen molar-refractivity contribution in [1.82, 2.24) is 0 Å². The number of esters is 1. The number of carbonyl (C=O) groups excluding carboxylic acids is 2. The molecule has 0 heterocycles. The number of ketones is 1. The van der Waals surface area contributed by atoms with Gasteiger partial charge in [-0.25, -0.2) is 0 Å². The summed E-state index contributed by atoms with van der Waals surface area (Å²) in [5, 5.41) is 0. The van der Waals surface area contributed by atoms with Crippen molar-refractivity contribution in [1.29, 1.82) is 0 Å². The molecule has 4 heteroatoms. The molecule has 0 aliphatic heterocycles. The maximum Gasteiger partial charge on any atom is 0.324 e. The average molecular weight is 286 g/mol. The van der Waals surface area contributed by atoms with Gasteiger partial charge < -0.3 is 9.47 Å². The van der Waals surface area contributed by atoms with Crippen molar-refractivity contribution in [2.45, 2.75) is 25.2 Å². The van der Waals surface area contributed by atoms with Crippen LogP contribution >= 0.6 is 0 Å². The molecule has 2 bridgehead atoms. The van der Waals surface area contributed by atoms with E-state index >= 15 is 0 Å². The predicted octanol–water partition coefficient (Wildman–Crippen LogP) is 2.20. The topological polar surface area (TPSA) is 52.6 Å². The molecular weight excluding hydrogens is 268 g/mol. The molecule has 21 heavy (non-hydrogen) atoms. The van der Waals surface area contributed by atoms with Gasteiger partial charge in [0.1, 0.15) is 5.75 Å². The maximum atomic E-state index is 12.8. The fourth-order valence-corrected chi connectivity index (χ4v) is 3.66. The number of rotatable bonds is 2. The van der Waals surface area contributed by atoms with E-state index < -0.39 is 11.4 Å². The Bertz CT molecular complexity index is 659. The Kier molecular flexibility index (Phi) is 3.12. The van der Waals surface area contributed by atoms with Crippen molar-refractivity contribution in [3.63, 3.8) is 0 Å². The molecule has 0 N–H and O–H groups in total. The highest BCUT2D eigenvalue weighted by atomic mass is 16.5. The van der Waals surface area contributed by atoms with Gasteiger partial charge in [-0.1, -0.05) is 17.7 Å². The zero-order chi connectivity index (χ0) is 15.2. The number of fused-ring (bicyclic) bond motifs is 4. The van der Waals surface area contributed by atoms with Gasteiger partial charge in [0.05, 0.1) is 14.2 Å². The number of benzene rings is 1. The minimum atomic E-state index is -1.18. The van der Waals surface area contributed by atoms with Crippen molar-refractivity contribution in [3.8, 4) is 5.75 Å². The van der Waals surface area contributed by atoms with Crippen molar-refractivity contribution in [3.05, 3.63) is 41.0 Å². The molecule has 0 fully saturated rings. The lowest BCUT2D eigenvalue weighted by Gasteiger charge is -2.41. The van der Waals surface area contributed by atoms with Gasteiger partial charge in [0.2, 0.25) is 0 Å². The van der Waals surface area contributed by atoms with Crippen LogP contribution in [-0.2, 0) is 26.2 Å². The monoisotopic (exact) mass is 286 g/mol. The van der Waals surface area contributed by atoms with Crippen LogP contribution in [0.3, 0.4) is 0 Å². The normalized spacial score (nSPS) is 26.7. The van der Waals surface area contributed by atoms with E-state index in [2.05, 4.69) is 0 Å². The van der Waals surface area contributed by atoms with E-state index in [0.29, 0.717) is 12.8 Å². The summed E-state index contributed by atoms with van der Waals surface area (Å²) in [6, 6.07) is 5.55. The van der Waals surface area contributed by atoms with Crippen molar-refractivity contribution >= 4 is 11.8 Å². The molecule has 0 aromatic heterocycles. The molecule has 4 nitrogen and oxygen atoms in total. The largest absolute Gasteiger partial charge is 0.497 e. The number of hydrogen-bond donors (Lipinski definition) is 0. The molecule has 0 saturated carbocycles. The summed E-state index contributed by atoms with van der Waals surface area (Å²) in [4.78, 5) is 25.3. The molecule has 2 atom stereocenters. The van der Waals surface area contributed by atoms with Crippen molar-refractivity contribution in [2.75, 3.05) is 14.2 Å². The molecule has 0 spiro atoms. The summed E-state index contributed by atoms with van der Waals surface area (Å²) in [6.45, 7) is 1.96. The predicted molar refractivity (Wildman–Crippen MR) is 77.3 cm³/mol. The Morgan fingerprint density at radius 1 is 1.33 bits per heavy atom. The highest BCUT2D eigenvalue weighted by Crippen LogP contribution is 2.47. The highest BCUT2D eigenvalue weighted by Gasteiger charge is 2.55. The molecule has 0 amide bonds. The first-order chi connectivity index (χ1) is 10.0. The second kappa shape index (κ2) is 4.72. The third-order valence-electron chi connectivity index (χ3n) is 4.53. The van der Waals surface area contributed by atoms with Gasteiger partial charge in [-0.2, -0.15) is 0 Å². The fourth-order valence-electron chi connectivity index (χ4n) is 3.66. The number of ether oxygens (including phenoxy) is 2. The number of methoxy groups -OCH3 is 2. The summed E-state index contributed by atoms with van der Waals surface area (Å²) in [5.74, 6) is -0.0203. The summed E-state index contributed by atoms with van der Waals surface area (Å²) >= 11 is 0. The first-order valence-corrected chi connectivity index (χ1v) is 7.00. The Hall–Kier alpha value is -2.10. The SMILES string of the molecule is COC(=O)[C@@]12CC(C)=C[C@@H](Cc3cc(OC)ccc31)C2=O. The first kappa shape index (κ1) is 13.9. The molecule has 0 radical (unpaired) electrons. The van der Waals surface area contributed by atoms with Crippen LogP contribution in [0.1, 0.15) is 24.5 Å². The minimum Gasteiger partial charge on any atom is -0.497 e. The van der Waals surface area contributed by atoms with E-state index in [-0.39, 0.29) is 11.7 Å². The van der Waals surface area contributed by atoms with Crippen LogP contribution in [0.2, 0.25) is 0 Å². The van der Waals surface area contributed by atoms with E-state index in [1.807, 2.05) is 25.1 Å². The lowest BCUT2D eigenvalue weighted by atomic mass is 9.59. The Labute approximate surface area is 123 Å². The van der Waals surface area contributed by atoms with Crippen molar-refractivity contribution in [2.24, 2.45) is 5.92 Å². The molecule has 110 valence electrons. The quantitative estimate of drug-likeness (QED) is 0.475. The van der Waals surface area contributed by atoms with Crippen molar-refractivity contribution < 1.29 is 19.1 Å². The molecule has 2 aliphatic rings. The van der Waals surface area contributed by atoms with Gasteiger partial charge in [-0.15, -0.1) is 0 Å². The highest BCUT2D eigenvalue weighted by molar-refractivity contribution is 6.13. The maximum absolute atomic E-state index is 12.8. The van der Waals surface area contributed by atoms with Gasteiger partial charge >= 0.3 is 5.97 Å². The second-order valence-corrected chi connectivity index (χ2v) is 5.78. The van der Waals surface area contributed by atoms with Crippen LogP contribution in [0.5, 0.6) is 5.75 Å². The van der Waals surface area contributed by atoms with E-state index in [1.165, 1.54) is 7.11 Å². The molecule has 2 aliphatic carbocycles. The van der Waals surface area contributed by atoms with Crippen LogP contribution in [0.15, 0.2) is 29.8 Å². The summed E-state index contributed by atoms with van der Waals surface area (Å²) in [7, 11) is 2.95. The average Bonchev–Trinajstić information content (AvgIpc) is 2.48. The zero-order valence-electron chi connectivity index (χ0n) is 12.4. The summed E-state index contributed by atoms with van der Waals surface area (Å²) in [5.41, 5.74) is 1.64. The van der Waals surface area contributed by atoms with E-state index in [9.17, 15) is 9.59 Å². The first-order valence-electron chi connectivity index (χ1n) is 7.00. The molecule has 0 saturated heterocycles.